The standard InChI is InChI=1S/C46H33NO/c1-45(2)41-29-32(47(30-15-5-3-6-16-30)31-17-7-4-8-18-31)25-26-35(41)36-27-28-40-44(43(36)45)48-42-24-14-13-23-39(42)46(40)37-21-11-9-19-33(37)34-20-10-12-22-38(34)46/h3-29H,1-2H3. The van der Waals surface area contributed by atoms with Crippen molar-refractivity contribution in [3.63, 3.8) is 0 Å². The van der Waals surface area contributed by atoms with Crippen molar-refractivity contribution < 1.29 is 4.74 Å². The predicted octanol–water partition coefficient (Wildman–Crippen LogP) is 11.9. The highest BCUT2D eigenvalue weighted by Crippen LogP contribution is 2.65. The minimum absolute atomic E-state index is 0.309. The van der Waals surface area contributed by atoms with E-state index in [-0.39, 0.29) is 5.41 Å². The highest BCUT2D eigenvalue weighted by Gasteiger charge is 2.53. The molecule has 0 atom stereocenters. The van der Waals surface area contributed by atoms with Gasteiger partial charge in [0.15, 0.2) is 0 Å². The number of para-hydroxylation sites is 3. The van der Waals surface area contributed by atoms with Crippen molar-refractivity contribution in [2.75, 3.05) is 4.90 Å². The summed E-state index contributed by atoms with van der Waals surface area (Å²) >= 11 is 0. The fraction of sp³-hybridized carbons (Fsp3) is 0.0870. The number of anilines is 3. The molecule has 2 aliphatic carbocycles. The maximum atomic E-state index is 7.11. The third-order valence-corrected chi connectivity index (χ3v) is 10.9. The molecule has 10 rings (SSSR count). The Morgan fingerprint density at radius 1 is 0.417 bits per heavy atom. The average molecular weight is 616 g/mol. The summed E-state index contributed by atoms with van der Waals surface area (Å²) in [6.45, 7) is 4.73. The van der Waals surface area contributed by atoms with E-state index in [9.17, 15) is 0 Å². The van der Waals surface area contributed by atoms with Gasteiger partial charge in [-0.25, -0.2) is 0 Å². The van der Waals surface area contributed by atoms with E-state index in [0.717, 1.165) is 28.6 Å². The molecule has 0 amide bonds. The van der Waals surface area contributed by atoms with Crippen molar-refractivity contribution in [3.8, 4) is 33.8 Å². The predicted molar refractivity (Wildman–Crippen MR) is 196 cm³/mol. The molecule has 1 spiro atoms. The Bertz CT molecular complexity index is 2320. The normalized spacial score (nSPS) is 15.0. The van der Waals surface area contributed by atoms with Crippen molar-refractivity contribution in [2.24, 2.45) is 0 Å². The maximum absolute atomic E-state index is 7.11. The largest absolute Gasteiger partial charge is 0.456 e. The van der Waals surface area contributed by atoms with E-state index >= 15 is 0 Å². The van der Waals surface area contributed by atoms with E-state index in [1.165, 1.54) is 55.6 Å². The highest BCUT2D eigenvalue weighted by atomic mass is 16.5. The number of hydrogen-bond acceptors (Lipinski definition) is 2. The van der Waals surface area contributed by atoms with Gasteiger partial charge in [-0.3, -0.25) is 0 Å². The van der Waals surface area contributed by atoms with E-state index in [1.54, 1.807) is 0 Å². The molecular formula is C46H33NO. The third-order valence-electron chi connectivity index (χ3n) is 10.9. The molecule has 0 saturated carbocycles. The molecule has 228 valence electrons. The maximum Gasteiger partial charge on any atom is 0.136 e. The van der Waals surface area contributed by atoms with Crippen molar-refractivity contribution in [1.29, 1.82) is 0 Å². The van der Waals surface area contributed by atoms with Gasteiger partial charge in [0.1, 0.15) is 11.5 Å². The van der Waals surface area contributed by atoms with E-state index in [2.05, 4.69) is 183 Å². The zero-order valence-electron chi connectivity index (χ0n) is 26.9. The van der Waals surface area contributed by atoms with Crippen LogP contribution in [-0.2, 0) is 10.8 Å². The molecule has 7 aromatic rings. The molecular weight excluding hydrogens is 583 g/mol. The Hall–Kier alpha value is -5.86. The lowest BCUT2D eigenvalue weighted by molar-refractivity contribution is 0.422. The third kappa shape index (κ3) is 3.47. The van der Waals surface area contributed by atoms with Crippen molar-refractivity contribution in [2.45, 2.75) is 24.7 Å². The van der Waals surface area contributed by atoms with Crippen LogP contribution in [0, 0.1) is 0 Å². The highest BCUT2D eigenvalue weighted by molar-refractivity contribution is 5.92. The molecule has 3 aliphatic rings. The summed E-state index contributed by atoms with van der Waals surface area (Å²) in [7, 11) is 0. The second-order valence-electron chi connectivity index (χ2n) is 13.7. The van der Waals surface area contributed by atoms with Crippen LogP contribution in [0.4, 0.5) is 17.1 Å². The van der Waals surface area contributed by atoms with Crippen molar-refractivity contribution in [3.05, 3.63) is 197 Å². The molecule has 0 aromatic heterocycles. The molecule has 2 nitrogen and oxygen atoms in total. The molecule has 7 aromatic carbocycles. The molecule has 48 heavy (non-hydrogen) atoms. The first-order valence-electron chi connectivity index (χ1n) is 16.8. The van der Waals surface area contributed by atoms with Crippen LogP contribution in [0.15, 0.2) is 164 Å². The van der Waals surface area contributed by atoms with Gasteiger partial charge in [-0.05, 0) is 81.4 Å². The van der Waals surface area contributed by atoms with Crippen molar-refractivity contribution in [1.82, 2.24) is 0 Å². The molecule has 0 radical (unpaired) electrons. The van der Waals surface area contributed by atoms with E-state index < -0.39 is 5.41 Å². The topological polar surface area (TPSA) is 12.5 Å². The van der Waals surface area contributed by atoms with E-state index in [0.29, 0.717) is 0 Å². The Kier molecular flexibility index (Phi) is 5.58. The number of nitrogens with zero attached hydrogens (tertiary/aromatic N) is 1. The van der Waals surface area contributed by atoms with Gasteiger partial charge in [0.25, 0.3) is 0 Å². The van der Waals surface area contributed by atoms with Gasteiger partial charge in [0, 0.05) is 39.2 Å². The monoisotopic (exact) mass is 615 g/mol. The average Bonchev–Trinajstić information content (AvgIpc) is 3.56. The summed E-state index contributed by atoms with van der Waals surface area (Å²) in [4.78, 5) is 2.35. The second-order valence-corrected chi connectivity index (χ2v) is 13.7. The summed E-state index contributed by atoms with van der Waals surface area (Å²) in [5.74, 6) is 1.92. The number of benzene rings is 7. The van der Waals surface area contributed by atoms with Gasteiger partial charge < -0.3 is 9.64 Å². The Balaban J connectivity index is 1.21. The van der Waals surface area contributed by atoms with Crippen LogP contribution in [0.3, 0.4) is 0 Å². The number of fused-ring (bicyclic) bond motifs is 13. The SMILES string of the molecule is CC1(C)c2cc(N(c3ccccc3)c3ccccc3)ccc2-c2ccc3c(c21)Oc1ccccc1C31c2ccccc2-c2ccccc21. The number of hydrogen-bond donors (Lipinski definition) is 0. The molecule has 0 unspecified atom stereocenters. The molecule has 0 bridgehead atoms. The van der Waals surface area contributed by atoms with Crippen molar-refractivity contribution >= 4 is 17.1 Å². The molecule has 1 heterocycles. The van der Waals surface area contributed by atoms with Crippen LogP contribution < -0.4 is 9.64 Å². The Morgan fingerprint density at radius 3 is 1.58 bits per heavy atom. The van der Waals surface area contributed by atoms with Gasteiger partial charge >= 0.3 is 0 Å². The summed E-state index contributed by atoms with van der Waals surface area (Å²) in [6, 6.07) is 59.5. The number of ether oxygens (including phenoxy) is 1. The summed E-state index contributed by atoms with van der Waals surface area (Å²) in [5, 5.41) is 0. The van der Waals surface area contributed by atoms with Gasteiger partial charge in [-0.1, -0.05) is 135 Å². The number of rotatable bonds is 3. The molecule has 0 saturated heterocycles. The first-order valence-corrected chi connectivity index (χ1v) is 16.8. The van der Waals surface area contributed by atoms with Gasteiger partial charge in [-0.15, -0.1) is 0 Å². The lowest BCUT2D eigenvalue weighted by atomic mass is 9.65. The zero-order chi connectivity index (χ0) is 32.0. The first-order chi connectivity index (χ1) is 23.6. The van der Waals surface area contributed by atoms with Gasteiger partial charge in [0.05, 0.1) is 5.41 Å². The fourth-order valence-corrected chi connectivity index (χ4v) is 8.92. The lowest BCUT2D eigenvalue weighted by Gasteiger charge is -2.41. The second kappa shape index (κ2) is 9.82. The Morgan fingerprint density at radius 2 is 0.938 bits per heavy atom. The zero-order valence-corrected chi connectivity index (χ0v) is 26.9. The smallest absolute Gasteiger partial charge is 0.136 e. The lowest BCUT2D eigenvalue weighted by Crippen LogP contribution is -2.33. The summed E-state index contributed by atoms with van der Waals surface area (Å²) < 4.78 is 7.11. The molecule has 1 aliphatic heterocycles. The Labute approximate surface area is 281 Å². The summed E-state index contributed by atoms with van der Waals surface area (Å²) in [6.07, 6.45) is 0. The van der Waals surface area contributed by atoms with Crippen LogP contribution in [0.2, 0.25) is 0 Å². The molecule has 0 N–H and O–H groups in total. The van der Waals surface area contributed by atoms with E-state index in [1.807, 2.05) is 0 Å². The van der Waals surface area contributed by atoms with Crippen LogP contribution in [0.25, 0.3) is 22.3 Å². The van der Waals surface area contributed by atoms with Crippen LogP contribution in [0.5, 0.6) is 11.5 Å². The van der Waals surface area contributed by atoms with Crippen LogP contribution in [0.1, 0.15) is 47.2 Å². The summed E-state index contributed by atoms with van der Waals surface area (Å²) in [5.41, 5.74) is 15.4. The van der Waals surface area contributed by atoms with Gasteiger partial charge in [0.2, 0.25) is 0 Å². The minimum Gasteiger partial charge on any atom is -0.456 e. The quantitative estimate of drug-likeness (QED) is 0.196. The van der Waals surface area contributed by atoms with E-state index in [4.69, 9.17) is 4.74 Å². The van der Waals surface area contributed by atoms with Crippen LogP contribution >= 0.6 is 0 Å². The fourth-order valence-electron chi connectivity index (χ4n) is 8.92. The molecule has 0 fully saturated rings. The minimum atomic E-state index is -0.472. The molecule has 2 heteroatoms. The van der Waals surface area contributed by atoms with Crippen LogP contribution in [-0.4, -0.2) is 0 Å². The van der Waals surface area contributed by atoms with Gasteiger partial charge in [-0.2, -0.15) is 0 Å². The first kappa shape index (κ1) is 27.3.